The summed E-state index contributed by atoms with van der Waals surface area (Å²) < 4.78 is 2.18. The van der Waals surface area contributed by atoms with Crippen LogP contribution in [0.25, 0.3) is 5.82 Å². The van der Waals surface area contributed by atoms with Crippen LogP contribution in [-0.2, 0) is 11.3 Å². The standard InChI is InChI=1S/C25H37N5O/c1-27-17-12-22(13-18-27)28(2)25(31)11-10-21-7-5-15-29(19-21)20-23-8-6-16-30(23)24-9-3-4-14-26-24/h3-4,6,8-9,14,16,21-22H,5,7,10-13,15,17-20H2,1-2H3/t21-/m0/s1. The number of hydrogen-bond donors (Lipinski definition) is 0. The number of hydrogen-bond acceptors (Lipinski definition) is 4. The van der Waals surface area contributed by atoms with Crippen LogP contribution in [0.1, 0.15) is 44.2 Å². The highest BCUT2D eigenvalue weighted by atomic mass is 16.2. The maximum Gasteiger partial charge on any atom is 0.222 e. The summed E-state index contributed by atoms with van der Waals surface area (Å²) in [4.78, 5) is 24.2. The van der Waals surface area contributed by atoms with E-state index in [2.05, 4.69) is 50.8 Å². The SMILES string of the molecule is CN1CCC(N(C)C(=O)CC[C@@H]2CCCN(Cc3cccn3-c3ccccn3)C2)CC1. The van der Waals surface area contributed by atoms with Crippen LogP contribution < -0.4 is 0 Å². The first kappa shape index (κ1) is 22.0. The summed E-state index contributed by atoms with van der Waals surface area (Å²) in [5.74, 6) is 1.91. The molecule has 31 heavy (non-hydrogen) atoms. The fourth-order valence-electron chi connectivity index (χ4n) is 5.11. The second-order valence-corrected chi connectivity index (χ2v) is 9.38. The van der Waals surface area contributed by atoms with Crippen molar-refractivity contribution < 1.29 is 4.79 Å². The Balaban J connectivity index is 1.27. The first-order valence-corrected chi connectivity index (χ1v) is 11.8. The normalized spacial score (nSPS) is 21.3. The van der Waals surface area contributed by atoms with Gasteiger partial charge in [0.15, 0.2) is 0 Å². The van der Waals surface area contributed by atoms with Gasteiger partial charge in [-0.3, -0.25) is 9.69 Å². The highest BCUT2D eigenvalue weighted by Gasteiger charge is 2.26. The zero-order valence-electron chi connectivity index (χ0n) is 19.1. The lowest BCUT2D eigenvalue weighted by atomic mass is 9.92. The summed E-state index contributed by atoms with van der Waals surface area (Å²) in [5.41, 5.74) is 1.28. The number of nitrogens with zero attached hydrogens (tertiary/aromatic N) is 5. The second-order valence-electron chi connectivity index (χ2n) is 9.38. The van der Waals surface area contributed by atoms with Gasteiger partial charge in [-0.05, 0) is 89.0 Å². The van der Waals surface area contributed by atoms with E-state index in [1.54, 1.807) is 0 Å². The van der Waals surface area contributed by atoms with Crippen molar-refractivity contribution in [3.05, 3.63) is 48.4 Å². The van der Waals surface area contributed by atoms with Gasteiger partial charge in [-0.25, -0.2) is 4.98 Å². The van der Waals surface area contributed by atoms with Gasteiger partial charge in [0.05, 0.1) is 0 Å². The summed E-state index contributed by atoms with van der Waals surface area (Å²) in [6, 6.07) is 10.7. The Kier molecular flexibility index (Phi) is 7.41. The van der Waals surface area contributed by atoms with E-state index >= 15 is 0 Å². The zero-order valence-corrected chi connectivity index (χ0v) is 19.1. The first-order chi connectivity index (χ1) is 15.1. The molecule has 2 aromatic heterocycles. The summed E-state index contributed by atoms with van der Waals surface area (Å²) >= 11 is 0. The number of aromatic nitrogens is 2. The smallest absolute Gasteiger partial charge is 0.222 e. The number of rotatable bonds is 7. The van der Waals surface area contributed by atoms with Gasteiger partial charge in [-0.15, -0.1) is 0 Å². The highest BCUT2D eigenvalue weighted by Crippen LogP contribution is 2.24. The molecule has 0 bridgehead atoms. The van der Waals surface area contributed by atoms with E-state index in [9.17, 15) is 4.79 Å². The Morgan fingerprint density at radius 3 is 2.74 bits per heavy atom. The molecule has 6 nitrogen and oxygen atoms in total. The van der Waals surface area contributed by atoms with E-state index in [0.29, 0.717) is 24.3 Å². The lowest BCUT2D eigenvalue weighted by molar-refractivity contribution is -0.133. The van der Waals surface area contributed by atoms with Crippen LogP contribution in [0.4, 0.5) is 0 Å². The van der Waals surface area contributed by atoms with Crippen molar-refractivity contribution in [1.82, 2.24) is 24.3 Å². The predicted molar refractivity (Wildman–Crippen MR) is 124 cm³/mol. The molecule has 0 saturated carbocycles. The lowest BCUT2D eigenvalue weighted by Crippen LogP contribution is -2.44. The van der Waals surface area contributed by atoms with Crippen molar-refractivity contribution in [3.8, 4) is 5.82 Å². The molecule has 2 aliphatic heterocycles. The molecule has 4 heterocycles. The van der Waals surface area contributed by atoms with E-state index < -0.39 is 0 Å². The maximum atomic E-state index is 12.8. The minimum absolute atomic E-state index is 0.329. The zero-order chi connectivity index (χ0) is 21.6. The van der Waals surface area contributed by atoms with E-state index in [-0.39, 0.29) is 0 Å². The molecule has 6 heteroatoms. The average molecular weight is 424 g/mol. The fourth-order valence-corrected chi connectivity index (χ4v) is 5.11. The summed E-state index contributed by atoms with van der Waals surface area (Å²) in [7, 11) is 4.18. The number of likely N-dealkylation sites (tertiary alicyclic amines) is 2. The molecular weight excluding hydrogens is 386 g/mol. The molecule has 1 atom stereocenters. The monoisotopic (exact) mass is 423 g/mol. The van der Waals surface area contributed by atoms with E-state index in [0.717, 1.165) is 57.8 Å². The Morgan fingerprint density at radius 2 is 1.97 bits per heavy atom. The van der Waals surface area contributed by atoms with Gasteiger partial charge < -0.3 is 14.4 Å². The first-order valence-electron chi connectivity index (χ1n) is 11.8. The van der Waals surface area contributed by atoms with Crippen molar-refractivity contribution in [3.63, 3.8) is 0 Å². The lowest BCUT2D eigenvalue weighted by Gasteiger charge is -2.36. The second kappa shape index (κ2) is 10.4. The topological polar surface area (TPSA) is 44.6 Å². The molecule has 4 rings (SSSR count). The van der Waals surface area contributed by atoms with Crippen LogP contribution in [0.3, 0.4) is 0 Å². The van der Waals surface area contributed by atoms with Crippen LogP contribution in [0.15, 0.2) is 42.7 Å². The minimum Gasteiger partial charge on any atom is -0.343 e. The molecule has 0 spiro atoms. The summed E-state index contributed by atoms with van der Waals surface area (Å²) in [5, 5.41) is 0. The Hall–Kier alpha value is -2.18. The van der Waals surface area contributed by atoms with E-state index in [1.807, 2.05) is 30.3 Å². The Labute approximate surface area is 186 Å². The molecule has 2 saturated heterocycles. The van der Waals surface area contributed by atoms with Crippen LogP contribution in [0.2, 0.25) is 0 Å². The third kappa shape index (κ3) is 5.74. The maximum absolute atomic E-state index is 12.8. The van der Waals surface area contributed by atoms with Gasteiger partial charge in [0.2, 0.25) is 5.91 Å². The molecule has 168 valence electrons. The number of pyridine rings is 1. The molecule has 2 aromatic rings. The van der Waals surface area contributed by atoms with Gasteiger partial charge in [0.1, 0.15) is 5.82 Å². The quantitative estimate of drug-likeness (QED) is 0.685. The average Bonchev–Trinajstić information content (AvgIpc) is 3.26. The largest absolute Gasteiger partial charge is 0.343 e. The molecular formula is C25H37N5O. The van der Waals surface area contributed by atoms with Crippen molar-refractivity contribution >= 4 is 5.91 Å². The van der Waals surface area contributed by atoms with Crippen molar-refractivity contribution in [2.75, 3.05) is 40.3 Å². The van der Waals surface area contributed by atoms with E-state index in [1.165, 1.54) is 18.5 Å². The van der Waals surface area contributed by atoms with Gasteiger partial charge in [0.25, 0.3) is 0 Å². The summed E-state index contributed by atoms with van der Waals surface area (Å²) in [6.07, 6.45) is 10.3. The minimum atomic E-state index is 0.329. The van der Waals surface area contributed by atoms with E-state index in [4.69, 9.17) is 0 Å². The van der Waals surface area contributed by atoms with Gasteiger partial charge >= 0.3 is 0 Å². The highest BCUT2D eigenvalue weighted by molar-refractivity contribution is 5.76. The van der Waals surface area contributed by atoms with Gasteiger partial charge in [-0.1, -0.05) is 6.07 Å². The number of piperidine rings is 2. The molecule has 0 aliphatic carbocycles. The molecule has 2 aliphatic rings. The van der Waals surface area contributed by atoms with Crippen LogP contribution >= 0.6 is 0 Å². The molecule has 0 radical (unpaired) electrons. The molecule has 2 fully saturated rings. The third-order valence-electron chi connectivity index (χ3n) is 7.11. The molecule has 0 N–H and O–H groups in total. The Morgan fingerprint density at radius 1 is 1.13 bits per heavy atom. The third-order valence-corrected chi connectivity index (χ3v) is 7.11. The number of amides is 1. The Bertz CT molecular complexity index is 827. The molecule has 0 aromatic carbocycles. The number of carbonyl (C=O) groups excluding carboxylic acids is 1. The van der Waals surface area contributed by atoms with Crippen LogP contribution in [0.5, 0.6) is 0 Å². The van der Waals surface area contributed by atoms with Crippen molar-refractivity contribution in [1.29, 1.82) is 0 Å². The molecule has 0 unspecified atom stereocenters. The van der Waals surface area contributed by atoms with Crippen molar-refractivity contribution in [2.45, 2.75) is 51.1 Å². The van der Waals surface area contributed by atoms with Gasteiger partial charge in [0, 0.05) is 50.7 Å². The van der Waals surface area contributed by atoms with Crippen molar-refractivity contribution in [2.24, 2.45) is 5.92 Å². The number of carbonyl (C=O) groups is 1. The summed E-state index contributed by atoms with van der Waals surface area (Å²) in [6.45, 7) is 5.34. The van der Waals surface area contributed by atoms with Gasteiger partial charge in [-0.2, -0.15) is 0 Å². The molecule has 1 amide bonds. The predicted octanol–water partition coefficient (Wildman–Crippen LogP) is 3.42. The van der Waals surface area contributed by atoms with Crippen LogP contribution in [-0.4, -0.2) is 76.5 Å². The van der Waals surface area contributed by atoms with Crippen LogP contribution in [0, 0.1) is 5.92 Å². The fraction of sp³-hybridized carbons (Fsp3) is 0.600.